The van der Waals surface area contributed by atoms with Crippen molar-refractivity contribution in [3.63, 3.8) is 0 Å². The number of hydrogen-bond donors (Lipinski definition) is 1. The molecule has 3 nitrogen and oxygen atoms in total. The maximum atomic E-state index is 13.3. The topological polar surface area (TPSA) is 46.2 Å². The molecule has 0 aromatic heterocycles. The summed E-state index contributed by atoms with van der Waals surface area (Å²) in [5.41, 5.74) is 0.882. The molecule has 2 aromatic carbocycles. The standard InChI is InChI=1S/C16H18FNO2S/c1-12(16(18-2)13-7-4-3-5-8-13)21(19,20)15-10-6-9-14(17)11-15/h3-12,16,18H,1-2H3. The van der Waals surface area contributed by atoms with E-state index in [1.54, 1.807) is 14.0 Å². The summed E-state index contributed by atoms with van der Waals surface area (Å²) in [7, 11) is -1.91. The van der Waals surface area contributed by atoms with Crippen molar-refractivity contribution in [1.82, 2.24) is 5.32 Å². The van der Waals surface area contributed by atoms with Gasteiger partial charge in [0.2, 0.25) is 0 Å². The Bertz CT molecular complexity index is 701. The molecule has 112 valence electrons. The molecule has 0 heterocycles. The van der Waals surface area contributed by atoms with Crippen molar-refractivity contribution in [2.45, 2.75) is 23.1 Å². The summed E-state index contributed by atoms with van der Waals surface area (Å²) in [6, 6.07) is 14.1. The summed E-state index contributed by atoms with van der Waals surface area (Å²) < 4.78 is 38.6. The molecule has 1 N–H and O–H groups in total. The predicted molar refractivity (Wildman–Crippen MR) is 81.3 cm³/mol. The van der Waals surface area contributed by atoms with E-state index < -0.39 is 20.9 Å². The normalized spacial score (nSPS) is 14.6. The number of hydrogen-bond acceptors (Lipinski definition) is 3. The summed E-state index contributed by atoms with van der Waals surface area (Å²) in [6.07, 6.45) is 0. The van der Waals surface area contributed by atoms with Gasteiger partial charge in [-0.25, -0.2) is 12.8 Å². The van der Waals surface area contributed by atoms with E-state index in [4.69, 9.17) is 0 Å². The van der Waals surface area contributed by atoms with Gasteiger partial charge in [-0.15, -0.1) is 0 Å². The summed E-state index contributed by atoms with van der Waals surface area (Å²) in [5.74, 6) is -0.552. The molecule has 0 aliphatic carbocycles. The Labute approximate surface area is 124 Å². The van der Waals surface area contributed by atoms with E-state index in [9.17, 15) is 12.8 Å². The average Bonchev–Trinajstić information content (AvgIpc) is 2.49. The first-order valence-electron chi connectivity index (χ1n) is 6.68. The van der Waals surface area contributed by atoms with E-state index in [0.29, 0.717) is 0 Å². The van der Waals surface area contributed by atoms with E-state index >= 15 is 0 Å². The molecule has 0 aliphatic rings. The molecule has 0 spiro atoms. The van der Waals surface area contributed by atoms with Gasteiger partial charge in [0, 0.05) is 6.04 Å². The molecule has 2 unspecified atom stereocenters. The van der Waals surface area contributed by atoms with Crippen molar-refractivity contribution >= 4 is 9.84 Å². The van der Waals surface area contributed by atoms with Crippen LogP contribution < -0.4 is 5.32 Å². The fourth-order valence-electron chi connectivity index (χ4n) is 2.37. The maximum Gasteiger partial charge on any atom is 0.182 e. The van der Waals surface area contributed by atoms with Gasteiger partial charge in [-0.05, 0) is 37.7 Å². The largest absolute Gasteiger partial charge is 0.312 e. The first-order valence-corrected chi connectivity index (χ1v) is 8.23. The van der Waals surface area contributed by atoms with Gasteiger partial charge in [0.25, 0.3) is 0 Å². The van der Waals surface area contributed by atoms with Crippen LogP contribution in [0.4, 0.5) is 4.39 Å². The highest BCUT2D eigenvalue weighted by molar-refractivity contribution is 7.92. The lowest BCUT2D eigenvalue weighted by Crippen LogP contribution is -2.33. The quantitative estimate of drug-likeness (QED) is 0.924. The minimum Gasteiger partial charge on any atom is -0.312 e. The first kappa shape index (κ1) is 15.7. The third kappa shape index (κ3) is 3.31. The maximum absolute atomic E-state index is 13.3. The summed E-state index contributed by atoms with van der Waals surface area (Å²) in [6.45, 7) is 1.63. The van der Waals surface area contributed by atoms with Crippen molar-refractivity contribution in [1.29, 1.82) is 0 Å². The second-order valence-corrected chi connectivity index (χ2v) is 7.19. The number of nitrogens with one attached hydrogen (secondary N) is 1. The van der Waals surface area contributed by atoms with Crippen LogP contribution in [-0.2, 0) is 9.84 Å². The minimum atomic E-state index is -3.62. The van der Waals surface area contributed by atoms with Crippen LogP contribution in [-0.4, -0.2) is 20.7 Å². The Morgan fingerprint density at radius 2 is 1.71 bits per heavy atom. The van der Waals surface area contributed by atoms with Crippen LogP contribution in [0, 0.1) is 5.82 Å². The average molecular weight is 307 g/mol. The number of rotatable bonds is 5. The molecule has 2 aromatic rings. The fourth-order valence-corrected chi connectivity index (χ4v) is 4.00. The predicted octanol–water partition coefficient (Wildman–Crippen LogP) is 2.95. The SMILES string of the molecule is CNC(c1ccccc1)C(C)S(=O)(=O)c1cccc(F)c1. The van der Waals surface area contributed by atoms with Gasteiger partial charge in [0.05, 0.1) is 10.1 Å². The first-order chi connectivity index (χ1) is 9.96. The number of benzene rings is 2. The van der Waals surface area contributed by atoms with Gasteiger partial charge >= 0.3 is 0 Å². The van der Waals surface area contributed by atoms with Gasteiger partial charge < -0.3 is 5.32 Å². The number of halogens is 1. The molecular formula is C16H18FNO2S. The molecular weight excluding hydrogens is 289 g/mol. The molecule has 21 heavy (non-hydrogen) atoms. The smallest absolute Gasteiger partial charge is 0.182 e. The van der Waals surface area contributed by atoms with E-state index in [1.165, 1.54) is 18.2 Å². The zero-order valence-corrected chi connectivity index (χ0v) is 12.8. The zero-order chi connectivity index (χ0) is 15.5. The van der Waals surface area contributed by atoms with Gasteiger partial charge in [-0.2, -0.15) is 0 Å². The lowest BCUT2D eigenvalue weighted by molar-refractivity contribution is 0.529. The van der Waals surface area contributed by atoms with Crippen LogP contribution >= 0.6 is 0 Å². The van der Waals surface area contributed by atoms with E-state index in [1.807, 2.05) is 30.3 Å². The third-order valence-electron chi connectivity index (χ3n) is 3.55. The summed E-state index contributed by atoms with van der Waals surface area (Å²) in [5, 5.41) is 2.32. The Balaban J connectivity index is 2.39. The third-order valence-corrected chi connectivity index (χ3v) is 5.72. The monoisotopic (exact) mass is 307 g/mol. The summed E-state index contributed by atoms with van der Waals surface area (Å²) >= 11 is 0. The molecule has 5 heteroatoms. The molecule has 0 amide bonds. The van der Waals surface area contributed by atoms with E-state index in [-0.39, 0.29) is 10.9 Å². The van der Waals surface area contributed by atoms with Crippen LogP contribution in [0.3, 0.4) is 0 Å². The van der Waals surface area contributed by atoms with Gasteiger partial charge in [-0.1, -0.05) is 36.4 Å². The highest BCUT2D eigenvalue weighted by atomic mass is 32.2. The Kier molecular flexibility index (Phi) is 4.75. The lowest BCUT2D eigenvalue weighted by atomic mass is 10.0. The van der Waals surface area contributed by atoms with Crippen molar-refractivity contribution in [3.05, 3.63) is 66.0 Å². The van der Waals surface area contributed by atoms with Crippen LogP contribution in [0.2, 0.25) is 0 Å². The number of sulfone groups is 1. The molecule has 0 aliphatic heterocycles. The van der Waals surface area contributed by atoms with Gasteiger partial charge in [0.1, 0.15) is 5.82 Å². The van der Waals surface area contributed by atoms with Crippen molar-refractivity contribution in [3.8, 4) is 0 Å². The Morgan fingerprint density at radius 3 is 2.29 bits per heavy atom. The lowest BCUT2D eigenvalue weighted by Gasteiger charge is -2.24. The zero-order valence-electron chi connectivity index (χ0n) is 12.0. The van der Waals surface area contributed by atoms with E-state index in [2.05, 4.69) is 5.32 Å². The molecule has 0 fully saturated rings. The molecule has 2 atom stereocenters. The molecule has 0 saturated heterocycles. The molecule has 0 saturated carbocycles. The van der Waals surface area contributed by atoms with Gasteiger partial charge in [-0.3, -0.25) is 0 Å². The van der Waals surface area contributed by atoms with Gasteiger partial charge in [0.15, 0.2) is 9.84 Å². The van der Waals surface area contributed by atoms with Crippen molar-refractivity contribution in [2.24, 2.45) is 0 Å². The minimum absolute atomic E-state index is 0.00572. The molecule has 0 radical (unpaired) electrons. The van der Waals surface area contributed by atoms with Crippen LogP contribution in [0.25, 0.3) is 0 Å². The fraction of sp³-hybridized carbons (Fsp3) is 0.250. The second kappa shape index (κ2) is 6.37. The summed E-state index contributed by atoms with van der Waals surface area (Å²) in [4.78, 5) is 0.00572. The molecule has 2 rings (SSSR count). The van der Waals surface area contributed by atoms with Crippen LogP contribution in [0.15, 0.2) is 59.5 Å². The molecule has 0 bridgehead atoms. The highest BCUT2D eigenvalue weighted by Gasteiger charge is 2.31. The Morgan fingerprint density at radius 1 is 1.05 bits per heavy atom. The van der Waals surface area contributed by atoms with Crippen molar-refractivity contribution in [2.75, 3.05) is 7.05 Å². The van der Waals surface area contributed by atoms with E-state index in [0.717, 1.165) is 11.6 Å². The van der Waals surface area contributed by atoms with Crippen molar-refractivity contribution < 1.29 is 12.8 Å². The van der Waals surface area contributed by atoms with Crippen LogP contribution in [0.1, 0.15) is 18.5 Å². The van der Waals surface area contributed by atoms with Crippen LogP contribution in [0.5, 0.6) is 0 Å². The second-order valence-electron chi connectivity index (χ2n) is 4.88. The Hall–Kier alpha value is -1.72. The highest BCUT2D eigenvalue weighted by Crippen LogP contribution is 2.27.